The Balaban J connectivity index is 2.19. The first-order valence-electron chi connectivity index (χ1n) is 5.89. The van der Waals surface area contributed by atoms with Gasteiger partial charge in [0.05, 0.1) is 9.95 Å². The highest BCUT2D eigenvalue weighted by molar-refractivity contribution is 7.09. The van der Waals surface area contributed by atoms with Gasteiger partial charge in [0.25, 0.3) is 5.69 Å². The van der Waals surface area contributed by atoms with Gasteiger partial charge in [-0.3, -0.25) is 10.1 Å². The molecular formula is C13H12ClFN2O2S. The molecule has 0 amide bonds. The number of nitro groups is 1. The molecule has 1 aromatic heterocycles. The summed E-state index contributed by atoms with van der Waals surface area (Å²) < 4.78 is 13.5. The van der Waals surface area contributed by atoms with E-state index in [9.17, 15) is 14.5 Å². The minimum atomic E-state index is -0.678. The molecule has 0 aliphatic heterocycles. The van der Waals surface area contributed by atoms with Crippen molar-refractivity contribution in [3.63, 3.8) is 0 Å². The highest BCUT2D eigenvalue weighted by atomic mass is 35.5. The van der Waals surface area contributed by atoms with E-state index in [4.69, 9.17) is 11.6 Å². The minimum Gasteiger partial charge on any atom is -0.377 e. The second-order valence-corrected chi connectivity index (χ2v) is 5.81. The van der Waals surface area contributed by atoms with Crippen LogP contribution in [0.25, 0.3) is 0 Å². The fourth-order valence-electron chi connectivity index (χ4n) is 1.85. The van der Waals surface area contributed by atoms with E-state index in [1.165, 1.54) is 0 Å². The number of halogens is 2. The molecule has 0 spiro atoms. The number of nitrogens with zero attached hydrogens (tertiary/aromatic N) is 1. The molecule has 2 aromatic rings. The lowest BCUT2D eigenvalue weighted by Gasteiger charge is -2.14. The van der Waals surface area contributed by atoms with Gasteiger partial charge in [0.1, 0.15) is 11.5 Å². The normalized spacial score (nSPS) is 12.2. The van der Waals surface area contributed by atoms with Gasteiger partial charge in [-0.2, -0.15) is 0 Å². The van der Waals surface area contributed by atoms with Crippen LogP contribution < -0.4 is 5.32 Å². The summed E-state index contributed by atoms with van der Waals surface area (Å²) in [6.45, 7) is 1.88. The zero-order valence-corrected chi connectivity index (χ0v) is 12.2. The Labute approximate surface area is 124 Å². The molecule has 1 N–H and O–H groups in total. The van der Waals surface area contributed by atoms with Crippen LogP contribution >= 0.6 is 22.9 Å². The maximum atomic E-state index is 13.5. The fraction of sp³-hybridized carbons (Fsp3) is 0.231. The summed E-state index contributed by atoms with van der Waals surface area (Å²) in [6.07, 6.45) is 0.707. The van der Waals surface area contributed by atoms with Crippen molar-refractivity contribution in [2.75, 3.05) is 5.32 Å². The fourth-order valence-corrected chi connectivity index (χ4v) is 2.84. The maximum Gasteiger partial charge on any atom is 0.294 e. The monoisotopic (exact) mass is 314 g/mol. The topological polar surface area (TPSA) is 55.2 Å². The summed E-state index contributed by atoms with van der Waals surface area (Å²) in [5.74, 6) is -0.678. The summed E-state index contributed by atoms with van der Waals surface area (Å²) in [4.78, 5) is 11.5. The van der Waals surface area contributed by atoms with Crippen molar-refractivity contribution in [2.24, 2.45) is 0 Å². The quantitative estimate of drug-likeness (QED) is 0.653. The van der Waals surface area contributed by atoms with Crippen LogP contribution in [0.1, 0.15) is 11.8 Å². The number of hydrogen-bond acceptors (Lipinski definition) is 4. The van der Waals surface area contributed by atoms with Crippen LogP contribution in [0.15, 0.2) is 29.6 Å². The predicted molar refractivity (Wildman–Crippen MR) is 79.2 cm³/mol. The molecule has 2 rings (SSSR count). The number of rotatable bonds is 5. The lowest BCUT2D eigenvalue weighted by Crippen LogP contribution is -2.18. The van der Waals surface area contributed by atoms with Gasteiger partial charge >= 0.3 is 0 Å². The Morgan fingerprint density at radius 2 is 2.30 bits per heavy atom. The molecule has 1 unspecified atom stereocenters. The summed E-state index contributed by atoms with van der Waals surface area (Å²) in [5, 5.41) is 15.6. The van der Waals surface area contributed by atoms with E-state index in [-0.39, 0.29) is 22.4 Å². The van der Waals surface area contributed by atoms with Crippen molar-refractivity contribution in [2.45, 2.75) is 19.4 Å². The molecule has 0 aliphatic carbocycles. The third kappa shape index (κ3) is 3.46. The van der Waals surface area contributed by atoms with E-state index in [0.717, 1.165) is 17.0 Å². The first-order valence-corrected chi connectivity index (χ1v) is 7.15. The Morgan fingerprint density at radius 3 is 2.90 bits per heavy atom. The van der Waals surface area contributed by atoms with Crippen LogP contribution in [0, 0.1) is 15.9 Å². The van der Waals surface area contributed by atoms with Gasteiger partial charge in [-0.05, 0) is 18.4 Å². The Morgan fingerprint density at radius 1 is 1.55 bits per heavy atom. The summed E-state index contributed by atoms with van der Waals surface area (Å²) in [7, 11) is 0. The first-order chi connectivity index (χ1) is 9.47. The van der Waals surface area contributed by atoms with E-state index in [1.54, 1.807) is 11.3 Å². The summed E-state index contributed by atoms with van der Waals surface area (Å²) in [6, 6.07) is 5.95. The number of thiophene rings is 1. The maximum absolute atomic E-state index is 13.5. The Hall–Kier alpha value is -1.66. The zero-order valence-electron chi connectivity index (χ0n) is 10.6. The van der Waals surface area contributed by atoms with Crippen LogP contribution in [-0.4, -0.2) is 11.0 Å². The number of anilines is 1. The van der Waals surface area contributed by atoms with Crippen molar-refractivity contribution in [3.8, 4) is 0 Å². The standard InChI is InChI=1S/C13H12ClFN2O2S/c1-8(5-9-3-2-4-20-9)16-12-7-11(15)10(14)6-13(12)17(18)19/h2-4,6-8,16H,5H2,1H3. The SMILES string of the molecule is CC(Cc1cccs1)Nc1cc(F)c(Cl)cc1[N+](=O)[O-]. The van der Waals surface area contributed by atoms with Crippen molar-refractivity contribution in [3.05, 3.63) is 55.5 Å². The lowest BCUT2D eigenvalue weighted by molar-refractivity contribution is -0.384. The van der Waals surface area contributed by atoms with E-state index in [0.29, 0.717) is 6.42 Å². The van der Waals surface area contributed by atoms with E-state index >= 15 is 0 Å². The third-order valence-electron chi connectivity index (χ3n) is 2.72. The van der Waals surface area contributed by atoms with Gasteiger partial charge in [0.2, 0.25) is 0 Å². The van der Waals surface area contributed by atoms with E-state index in [1.807, 2.05) is 24.4 Å². The molecule has 106 valence electrons. The lowest BCUT2D eigenvalue weighted by atomic mass is 10.2. The molecule has 0 radical (unpaired) electrons. The molecule has 20 heavy (non-hydrogen) atoms. The molecule has 0 saturated heterocycles. The average Bonchev–Trinajstić information content (AvgIpc) is 2.85. The van der Waals surface area contributed by atoms with Crippen LogP contribution in [0.2, 0.25) is 5.02 Å². The molecule has 1 atom stereocenters. The highest BCUT2D eigenvalue weighted by Crippen LogP contribution is 2.31. The summed E-state index contributed by atoms with van der Waals surface area (Å²) in [5.41, 5.74) is -0.0876. The number of benzene rings is 1. The van der Waals surface area contributed by atoms with Gasteiger partial charge in [0.15, 0.2) is 0 Å². The molecule has 0 bridgehead atoms. The first kappa shape index (κ1) is 14.7. The van der Waals surface area contributed by atoms with Gasteiger partial charge in [0, 0.05) is 29.5 Å². The molecule has 4 nitrogen and oxygen atoms in total. The van der Waals surface area contributed by atoms with Crippen LogP contribution in [0.5, 0.6) is 0 Å². The molecule has 0 saturated carbocycles. The van der Waals surface area contributed by atoms with Gasteiger partial charge in [-0.25, -0.2) is 4.39 Å². The van der Waals surface area contributed by atoms with E-state index < -0.39 is 10.7 Å². The smallest absolute Gasteiger partial charge is 0.294 e. The summed E-state index contributed by atoms with van der Waals surface area (Å²) >= 11 is 7.18. The molecular weight excluding hydrogens is 303 g/mol. The van der Waals surface area contributed by atoms with Crippen molar-refractivity contribution in [1.82, 2.24) is 0 Å². The predicted octanol–water partition coefficient (Wildman–Crippen LogP) is 4.49. The highest BCUT2D eigenvalue weighted by Gasteiger charge is 2.19. The number of nitrogens with one attached hydrogen (secondary N) is 1. The second-order valence-electron chi connectivity index (χ2n) is 4.37. The van der Waals surface area contributed by atoms with Gasteiger partial charge < -0.3 is 5.32 Å². The van der Waals surface area contributed by atoms with Crippen LogP contribution in [0.4, 0.5) is 15.8 Å². The number of hydrogen-bond donors (Lipinski definition) is 1. The average molecular weight is 315 g/mol. The molecule has 1 aromatic carbocycles. The Bertz CT molecular complexity index is 619. The van der Waals surface area contributed by atoms with E-state index in [2.05, 4.69) is 5.32 Å². The largest absolute Gasteiger partial charge is 0.377 e. The molecule has 1 heterocycles. The number of nitro benzene ring substituents is 1. The van der Waals surface area contributed by atoms with Crippen LogP contribution in [-0.2, 0) is 6.42 Å². The third-order valence-corrected chi connectivity index (χ3v) is 3.91. The van der Waals surface area contributed by atoms with Crippen molar-refractivity contribution in [1.29, 1.82) is 0 Å². The van der Waals surface area contributed by atoms with Gasteiger partial charge in [-0.1, -0.05) is 17.7 Å². The molecule has 0 aliphatic rings. The van der Waals surface area contributed by atoms with Crippen LogP contribution in [0.3, 0.4) is 0 Å². The van der Waals surface area contributed by atoms with Crippen molar-refractivity contribution >= 4 is 34.3 Å². The zero-order chi connectivity index (χ0) is 14.7. The second kappa shape index (κ2) is 6.19. The van der Waals surface area contributed by atoms with Gasteiger partial charge in [-0.15, -0.1) is 11.3 Å². The van der Waals surface area contributed by atoms with Crippen molar-refractivity contribution < 1.29 is 9.31 Å². The Kier molecular flexibility index (Phi) is 4.57. The molecule has 7 heteroatoms. The molecule has 0 fully saturated rings. The minimum absolute atomic E-state index is 0.0621.